The molecule has 1 aromatic carbocycles. The third kappa shape index (κ3) is 3.54. The molecule has 0 saturated carbocycles. The smallest absolute Gasteiger partial charge is 0.263 e. The second-order valence-corrected chi connectivity index (χ2v) is 8.45. The van der Waals surface area contributed by atoms with Crippen molar-refractivity contribution in [1.29, 1.82) is 0 Å². The minimum atomic E-state index is -0.247. The van der Waals surface area contributed by atoms with Crippen LogP contribution in [0.3, 0.4) is 0 Å². The van der Waals surface area contributed by atoms with Crippen LogP contribution in [0.4, 0.5) is 0 Å². The highest BCUT2D eigenvalue weighted by Crippen LogP contribution is 2.35. The average molecular weight is 417 g/mol. The summed E-state index contributed by atoms with van der Waals surface area (Å²) in [6, 6.07) is 13.3. The highest BCUT2D eigenvalue weighted by atomic mass is 35.5. The average Bonchev–Trinajstić information content (AvgIpc) is 3.27. The van der Waals surface area contributed by atoms with Crippen LogP contribution >= 0.6 is 34.7 Å². The highest BCUT2D eigenvalue weighted by Gasteiger charge is 2.24. The number of amides is 1. The minimum absolute atomic E-state index is 0.181. The number of nitrogens with zero attached hydrogens (tertiary/aromatic N) is 3. The van der Waals surface area contributed by atoms with E-state index < -0.39 is 0 Å². The Morgan fingerprint density at radius 2 is 2.07 bits per heavy atom. The number of carbonyl (C=O) groups excluding carboxylic acids is 1. The van der Waals surface area contributed by atoms with Crippen LogP contribution in [0.15, 0.2) is 48.7 Å². The molecule has 0 radical (unpaired) electrons. The molecule has 5 nitrogen and oxygen atoms in total. The topological polar surface area (TPSA) is 59.3 Å². The maximum atomic E-state index is 13.0. The first-order valence-corrected chi connectivity index (χ1v) is 11.0. The standard InChI is InChI=1S/C19H17ClN4OS2/c1-26-11-9-13(18-23-22-15-8-4-5-10-24(15)18)21-19(25)17-16(20)12-6-2-3-7-14(12)27-17/h2-8,10,13H,9,11H2,1H3,(H,21,25)/t13-/m0/s1. The molecule has 27 heavy (non-hydrogen) atoms. The van der Waals surface area contributed by atoms with E-state index in [-0.39, 0.29) is 11.9 Å². The van der Waals surface area contributed by atoms with Gasteiger partial charge in [0.1, 0.15) is 4.88 Å². The Bertz CT molecular complexity index is 1110. The van der Waals surface area contributed by atoms with Crippen LogP contribution in [0.5, 0.6) is 0 Å². The molecule has 0 aliphatic rings. The Kier molecular flexibility index (Phi) is 5.33. The molecule has 0 saturated heterocycles. The summed E-state index contributed by atoms with van der Waals surface area (Å²) < 4.78 is 2.92. The van der Waals surface area contributed by atoms with Gasteiger partial charge in [-0.25, -0.2) is 0 Å². The van der Waals surface area contributed by atoms with Crippen LogP contribution < -0.4 is 5.32 Å². The van der Waals surface area contributed by atoms with Gasteiger partial charge in [0.2, 0.25) is 0 Å². The van der Waals surface area contributed by atoms with Gasteiger partial charge in [0.05, 0.1) is 11.1 Å². The van der Waals surface area contributed by atoms with Gasteiger partial charge >= 0.3 is 0 Å². The third-order valence-electron chi connectivity index (χ3n) is 4.31. The number of thiophene rings is 1. The molecular formula is C19H17ClN4OS2. The Hall–Kier alpha value is -2.09. The van der Waals surface area contributed by atoms with Crippen LogP contribution in [-0.2, 0) is 0 Å². The zero-order valence-electron chi connectivity index (χ0n) is 14.6. The van der Waals surface area contributed by atoms with E-state index in [1.165, 1.54) is 11.3 Å². The number of nitrogens with one attached hydrogen (secondary N) is 1. The van der Waals surface area contributed by atoms with Gasteiger partial charge in [-0.2, -0.15) is 11.8 Å². The molecule has 1 amide bonds. The lowest BCUT2D eigenvalue weighted by Crippen LogP contribution is -2.30. The SMILES string of the molecule is CSCC[C@H](NC(=O)c1sc2ccccc2c1Cl)c1nnc2ccccn12. The first kappa shape index (κ1) is 18.3. The molecule has 3 heterocycles. The third-order valence-corrected chi connectivity index (χ3v) is 6.63. The maximum absolute atomic E-state index is 13.0. The van der Waals surface area contributed by atoms with Crippen molar-refractivity contribution in [1.82, 2.24) is 19.9 Å². The Labute approximate surface area is 169 Å². The summed E-state index contributed by atoms with van der Waals surface area (Å²) in [7, 11) is 0. The summed E-state index contributed by atoms with van der Waals surface area (Å²) in [5.74, 6) is 1.44. The number of hydrogen-bond acceptors (Lipinski definition) is 5. The second-order valence-electron chi connectivity index (χ2n) is 6.04. The van der Waals surface area contributed by atoms with E-state index in [4.69, 9.17) is 11.6 Å². The predicted octanol–water partition coefficient (Wildman–Crippen LogP) is 4.82. The van der Waals surface area contributed by atoms with Crippen molar-refractivity contribution in [2.24, 2.45) is 0 Å². The van der Waals surface area contributed by atoms with Gasteiger partial charge < -0.3 is 5.32 Å². The van der Waals surface area contributed by atoms with E-state index >= 15 is 0 Å². The number of pyridine rings is 1. The quantitative estimate of drug-likeness (QED) is 0.489. The number of fused-ring (bicyclic) bond motifs is 2. The van der Waals surface area contributed by atoms with Crippen molar-refractivity contribution in [2.45, 2.75) is 12.5 Å². The van der Waals surface area contributed by atoms with Gasteiger partial charge in [0.15, 0.2) is 11.5 Å². The van der Waals surface area contributed by atoms with Crippen LogP contribution in [0, 0.1) is 0 Å². The van der Waals surface area contributed by atoms with E-state index in [9.17, 15) is 4.79 Å². The van der Waals surface area contributed by atoms with Gasteiger partial charge in [-0.3, -0.25) is 9.20 Å². The number of benzene rings is 1. The molecule has 1 atom stereocenters. The molecular weight excluding hydrogens is 400 g/mol. The van der Waals surface area contributed by atoms with Gasteiger partial charge in [-0.15, -0.1) is 21.5 Å². The summed E-state index contributed by atoms with van der Waals surface area (Å²) in [5, 5.41) is 13.1. The van der Waals surface area contributed by atoms with Crippen molar-refractivity contribution in [3.8, 4) is 0 Å². The van der Waals surface area contributed by atoms with Crippen molar-refractivity contribution >= 4 is 56.3 Å². The zero-order valence-corrected chi connectivity index (χ0v) is 16.9. The molecule has 0 unspecified atom stereocenters. The van der Waals surface area contributed by atoms with E-state index in [1.807, 2.05) is 59.3 Å². The van der Waals surface area contributed by atoms with E-state index in [0.29, 0.717) is 9.90 Å². The number of aromatic nitrogens is 3. The fourth-order valence-electron chi connectivity index (χ4n) is 2.98. The molecule has 8 heteroatoms. The van der Waals surface area contributed by atoms with Crippen LogP contribution in [-0.4, -0.2) is 32.5 Å². The molecule has 0 bridgehead atoms. The van der Waals surface area contributed by atoms with Crippen LogP contribution in [0.25, 0.3) is 15.7 Å². The summed E-state index contributed by atoms with van der Waals surface area (Å²) >= 11 is 9.61. The lowest BCUT2D eigenvalue weighted by atomic mass is 10.2. The largest absolute Gasteiger partial charge is 0.341 e. The molecule has 138 valence electrons. The maximum Gasteiger partial charge on any atom is 0.263 e. The zero-order chi connectivity index (χ0) is 18.8. The van der Waals surface area contributed by atoms with Crippen molar-refractivity contribution < 1.29 is 4.79 Å². The molecule has 4 rings (SSSR count). The molecule has 3 aromatic heterocycles. The molecule has 1 N–H and O–H groups in total. The van der Waals surface area contributed by atoms with Crippen molar-refractivity contribution in [2.75, 3.05) is 12.0 Å². The summed E-state index contributed by atoms with van der Waals surface area (Å²) in [4.78, 5) is 13.5. The summed E-state index contributed by atoms with van der Waals surface area (Å²) in [6.07, 6.45) is 4.71. The Morgan fingerprint density at radius 1 is 1.26 bits per heavy atom. The summed E-state index contributed by atoms with van der Waals surface area (Å²) in [6.45, 7) is 0. The number of halogens is 1. The molecule has 4 aromatic rings. The normalized spacial score (nSPS) is 12.5. The van der Waals surface area contributed by atoms with Crippen LogP contribution in [0.1, 0.15) is 28.0 Å². The van der Waals surface area contributed by atoms with Gasteiger partial charge in [-0.05, 0) is 36.6 Å². The Balaban J connectivity index is 1.67. The molecule has 0 aliphatic carbocycles. The fourth-order valence-corrected chi connectivity index (χ4v) is 4.87. The molecule has 0 fully saturated rings. The summed E-state index contributed by atoms with van der Waals surface area (Å²) in [5.41, 5.74) is 0.760. The van der Waals surface area contributed by atoms with E-state index in [2.05, 4.69) is 15.5 Å². The van der Waals surface area contributed by atoms with Gasteiger partial charge in [0.25, 0.3) is 5.91 Å². The van der Waals surface area contributed by atoms with Gasteiger partial charge in [0, 0.05) is 16.3 Å². The van der Waals surface area contributed by atoms with Crippen molar-refractivity contribution in [3.05, 3.63) is 64.4 Å². The number of thioether (sulfide) groups is 1. The predicted molar refractivity (Wildman–Crippen MR) is 113 cm³/mol. The minimum Gasteiger partial charge on any atom is -0.341 e. The molecule has 0 spiro atoms. The number of carbonyl (C=O) groups is 1. The highest BCUT2D eigenvalue weighted by molar-refractivity contribution is 7.98. The number of rotatable bonds is 6. The number of hydrogen-bond donors (Lipinski definition) is 1. The first-order valence-electron chi connectivity index (χ1n) is 8.45. The van der Waals surface area contributed by atoms with Crippen molar-refractivity contribution in [3.63, 3.8) is 0 Å². The van der Waals surface area contributed by atoms with E-state index in [0.717, 1.165) is 33.7 Å². The Morgan fingerprint density at radius 3 is 2.89 bits per heavy atom. The van der Waals surface area contributed by atoms with Gasteiger partial charge in [-0.1, -0.05) is 35.9 Å². The fraction of sp³-hybridized carbons (Fsp3) is 0.211. The first-order chi connectivity index (χ1) is 13.2. The van der Waals surface area contributed by atoms with Crippen LogP contribution in [0.2, 0.25) is 5.02 Å². The second kappa shape index (κ2) is 7.88. The lowest BCUT2D eigenvalue weighted by Gasteiger charge is -2.16. The lowest BCUT2D eigenvalue weighted by molar-refractivity contribution is 0.0938. The monoisotopic (exact) mass is 416 g/mol. The van der Waals surface area contributed by atoms with E-state index in [1.54, 1.807) is 11.8 Å². The molecule has 0 aliphatic heterocycles.